The van der Waals surface area contributed by atoms with Gasteiger partial charge in [-0.25, -0.2) is 4.98 Å². The van der Waals surface area contributed by atoms with Crippen LogP contribution in [0.25, 0.3) is 11.0 Å². The summed E-state index contributed by atoms with van der Waals surface area (Å²) in [6, 6.07) is 6.07. The molecule has 0 spiro atoms. The molecule has 1 amide bonds. The second kappa shape index (κ2) is 7.90. The monoisotopic (exact) mass is 366 g/mol. The van der Waals surface area contributed by atoms with E-state index >= 15 is 0 Å². The van der Waals surface area contributed by atoms with Crippen molar-refractivity contribution in [2.24, 2.45) is 5.92 Å². The third-order valence-corrected chi connectivity index (χ3v) is 5.35. The van der Waals surface area contributed by atoms with Crippen molar-refractivity contribution in [3.8, 4) is 0 Å². The van der Waals surface area contributed by atoms with Crippen LogP contribution in [0.15, 0.2) is 24.4 Å². The molecule has 0 aliphatic heterocycles. The second-order valence-electron chi connectivity index (χ2n) is 7.49. The molecule has 0 atom stereocenters. The van der Waals surface area contributed by atoms with Gasteiger partial charge < -0.3 is 10.3 Å². The molecular weight excluding hydrogens is 340 g/mol. The zero-order valence-corrected chi connectivity index (χ0v) is 15.7. The molecule has 1 aromatic carbocycles. The Labute approximate surface area is 158 Å². The number of carbonyl (C=O) groups is 1. The van der Waals surface area contributed by atoms with Gasteiger partial charge in [0.1, 0.15) is 5.82 Å². The maximum Gasteiger partial charge on any atom is 0.273 e. The summed E-state index contributed by atoms with van der Waals surface area (Å²) < 4.78 is 1.81. The summed E-state index contributed by atoms with van der Waals surface area (Å²) in [4.78, 5) is 20.2. The quantitative estimate of drug-likeness (QED) is 0.702. The highest BCUT2D eigenvalue weighted by Gasteiger charge is 2.16. The van der Waals surface area contributed by atoms with Crippen molar-refractivity contribution in [1.29, 1.82) is 0 Å². The molecule has 1 aliphatic rings. The first-order valence-corrected chi connectivity index (χ1v) is 9.81. The minimum atomic E-state index is -0.183. The number of para-hydroxylation sites is 1. The van der Waals surface area contributed by atoms with Gasteiger partial charge >= 0.3 is 0 Å². The fraction of sp³-hybridized carbons (Fsp3) is 0.500. The van der Waals surface area contributed by atoms with Crippen molar-refractivity contribution >= 4 is 16.9 Å². The van der Waals surface area contributed by atoms with Gasteiger partial charge in [0.15, 0.2) is 5.69 Å². The maximum atomic E-state index is 12.3. The van der Waals surface area contributed by atoms with Crippen LogP contribution < -0.4 is 5.32 Å². The minimum absolute atomic E-state index is 0.183. The van der Waals surface area contributed by atoms with Gasteiger partial charge in [-0.15, -0.1) is 5.10 Å². The molecule has 0 unspecified atom stereocenters. The smallest absolute Gasteiger partial charge is 0.273 e. The van der Waals surface area contributed by atoms with Crippen LogP contribution in [-0.4, -0.2) is 37.4 Å². The largest absolute Gasteiger partial charge is 0.350 e. The van der Waals surface area contributed by atoms with Gasteiger partial charge in [-0.2, -0.15) is 0 Å². The first kappa shape index (κ1) is 17.7. The number of H-pyrrole nitrogens is 1. The Morgan fingerprint density at radius 2 is 2.15 bits per heavy atom. The van der Waals surface area contributed by atoms with Gasteiger partial charge in [-0.1, -0.05) is 36.6 Å². The van der Waals surface area contributed by atoms with Crippen LogP contribution in [-0.2, 0) is 13.0 Å². The van der Waals surface area contributed by atoms with Crippen LogP contribution in [0.1, 0.15) is 54.0 Å². The van der Waals surface area contributed by atoms with Crippen LogP contribution in [0.2, 0.25) is 0 Å². The third kappa shape index (κ3) is 4.18. The third-order valence-electron chi connectivity index (χ3n) is 5.35. The van der Waals surface area contributed by atoms with Crippen molar-refractivity contribution in [1.82, 2.24) is 30.3 Å². The molecule has 0 saturated heterocycles. The predicted octanol–water partition coefficient (Wildman–Crippen LogP) is 3.02. The van der Waals surface area contributed by atoms with Gasteiger partial charge in [0.2, 0.25) is 0 Å². The van der Waals surface area contributed by atoms with Crippen LogP contribution in [0.5, 0.6) is 0 Å². The number of hydrogen-bond acceptors (Lipinski definition) is 4. The summed E-state index contributed by atoms with van der Waals surface area (Å²) >= 11 is 0. The molecule has 4 rings (SSSR count). The van der Waals surface area contributed by atoms with Gasteiger partial charge in [0.25, 0.3) is 5.91 Å². The molecule has 142 valence electrons. The van der Waals surface area contributed by atoms with Crippen molar-refractivity contribution in [3.63, 3.8) is 0 Å². The van der Waals surface area contributed by atoms with Gasteiger partial charge in [-0.05, 0) is 37.3 Å². The average Bonchev–Trinajstić information content (AvgIpc) is 3.30. The average molecular weight is 366 g/mol. The molecule has 1 aliphatic carbocycles. The highest BCUT2D eigenvalue weighted by molar-refractivity contribution is 5.91. The van der Waals surface area contributed by atoms with Crippen molar-refractivity contribution in [2.75, 3.05) is 6.54 Å². The number of imidazole rings is 1. The number of nitrogens with one attached hydrogen (secondary N) is 2. The van der Waals surface area contributed by atoms with E-state index in [0.717, 1.165) is 29.0 Å². The highest BCUT2D eigenvalue weighted by Crippen LogP contribution is 2.24. The summed E-state index contributed by atoms with van der Waals surface area (Å²) in [5.74, 6) is 1.35. The van der Waals surface area contributed by atoms with E-state index in [2.05, 4.69) is 25.6 Å². The number of amides is 1. The lowest BCUT2D eigenvalue weighted by Crippen LogP contribution is -2.26. The Bertz CT molecular complexity index is 922. The molecule has 3 aromatic rings. The molecular formula is C20H26N6O. The standard InChI is InChI=1S/C20H26N6O/c1-14-6-5-9-16-19(14)23-18(22-16)10-11-21-20(27)17-13-26(25-24-17)12-15-7-3-2-4-8-15/h5-6,9,13,15H,2-4,7-8,10-12H2,1H3,(H,21,27)(H,22,23). The van der Waals surface area contributed by atoms with E-state index in [-0.39, 0.29) is 5.91 Å². The van der Waals surface area contributed by atoms with E-state index in [1.165, 1.54) is 32.1 Å². The first-order valence-electron chi connectivity index (χ1n) is 9.81. The number of aromatic nitrogens is 5. The fourth-order valence-corrected chi connectivity index (χ4v) is 3.86. The van der Waals surface area contributed by atoms with E-state index < -0.39 is 0 Å². The summed E-state index contributed by atoms with van der Waals surface area (Å²) in [6.45, 7) is 3.41. The zero-order valence-electron chi connectivity index (χ0n) is 15.7. The molecule has 7 heteroatoms. The Morgan fingerprint density at radius 1 is 1.30 bits per heavy atom. The lowest BCUT2D eigenvalue weighted by Gasteiger charge is -2.20. The van der Waals surface area contributed by atoms with Gasteiger partial charge in [-0.3, -0.25) is 9.48 Å². The second-order valence-corrected chi connectivity index (χ2v) is 7.49. The molecule has 1 saturated carbocycles. The first-order chi connectivity index (χ1) is 13.2. The van der Waals surface area contributed by atoms with E-state index in [1.807, 2.05) is 29.8 Å². The Morgan fingerprint density at radius 3 is 2.96 bits per heavy atom. The number of carbonyl (C=O) groups excluding carboxylic acids is 1. The molecule has 1 fully saturated rings. The van der Waals surface area contributed by atoms with E-state index in [1.54, 1.807) is 6.20 Å². The van der Waals surface area contributed by atoms with Crippen LogP contribution in [0.4, 0.5) is 0 Å². The predicted molar refractivity (Wildman–Crippen MR) is 103 cm³/mol. The molecule has 2 aromatic heterocycles. The van der Waals surface area contributed by atoms with Crippen LogP contribution >= 0.6 is 0 Å². The molecule has 0 bridgehead atoms. The SMILES string of the molecule is Cc1cccc2[nH]c(CCNC(=O)c3cn(CC4CCCCC4)nn3)nc12. The fourth-order valence-electron chi connectivity index (χ4n) is 3.86. The van der Waals surface area contributed by atoms with Crippen molar-refractivity contribution in [2.45, 2.75) is 52.0 Å². The molecule has 0 radical (unpaired) electrons. The normalized spacial score (nSPS) is 15.3. The van der Waals surface area contributed by atoms with Gasteiger partial charge in [0, 0.05) is 19.5 Å². The Hall–Kier alpha value is -2.70. The summed E-state index contributed by atoms with van der Waals surface area (Å²) in [5.41, 5.74) is 3.55. The summed E-state index contributed by atoms with van der Waals surface area (Å²) in [7, 11) is 0. The number of nitrogens with zero attached hydrogens (tertiary/aromatic N) is 4. The zero-order chi connectivity index (χ0) is 18.6. The number of aryl methyl sites for hydroxylation is 1. The summed E-state index contributed by atoms with van der Waals surface area (Å²) in [6.07, 6.45) is 8.84. The highest BCUT2D eigenvalue weighted by atomic mass is 16.2. The number of fused-ring (bicyclic) bond motifs is 1. The maximum absolute atomic E-state index is 12.3. The number of aromatic amines is 1. The van der Waals surface area contributed by atoms with Crippen molar-refractivity contribution < 1.29 is 4.79 Å². The number of hydrogen-bond donors (Lipinski definition) is 2. The molecule has 27 heavy (non-hydrogen) atoms. The van der Waals surface area contributed by atoms with Crippen LogP contribution in [0.3, 0.4) is 0 Å². The molecule has 2 N–H and O–H groups in total. The Balaban J connectivity index is 1.29. The molecule has 2 heterocycles. The minimum Gasteiger partial charge on any atom is -0.350 e. The summed E-state index contributed by atoms with van der Waals surface area (Å²) in [5, 5.41) is 11.1. The Kier molecular flexibility index (Phi) is 5.18. The van der Waals surface area contributed by atoms with Gasteiger partial charge in [0.05, 0.1) is 17.2 Å². The van der Waals surface area contributed by atoms with E-state index in [0.29, 0.717) is 24.6 Å². The number of rotatable bonds is 6. The van der Waals surface area contributed by atoms with E-state index in [9.17, 15) is 4.79 Å². The van der Waals surface area contributed by atoms with E-state index in [4.69, 9.17) is 0 Å². The van der Waals surface area contributed by atoms with Crippen LogP contribution in [0, 0.1) is 12.8 Å². The topological polar surface area (TPSA) is 88.5 Å². The number of benzene rings is 1. The lowest BCUT2D eigenvalue weighted by molar-refractivity contribution is 0.0949. The molecule has 7 nitrogen and oxygen atoms in total. The lowest BCUT2D eigenvalue weighted by atomic mass is 9.89. The van der Waals surface area contributed by atoms with Crippen molar-refractivity contribution in [3.05, 3.63) is 41.5 Å².